The summed E-state index contributed by atoms with van der Waals surface area (Å²) in [5, 5.41) is 4.98. The van der Waals surface area contributed by atoms with Crippen LogP contribution in [0.1, 0.15) is 22.2 Å². The second kappa shape index (κ2) is 5.79. The molecule has 2 aromatic rings. The van der Waals surface area contributed by atoms with Gasteiger partial charge in [0.15, 0.2) is 5.78 Å². The van der Waals surface area contributed by atoms with Crippen molar-refractivity contribution in [2.24, 2.45) is 0 Å². The Bertz CT molecular complexity index is 773. The SMILES string of the molecule is CC1(c2ccc(Cl)cc2)NC(=O)N(CC(=O)c2cccs2)C1=O. The highest BCUT2D eigenvalue weighted by Crippen LogP contribution is 2.29. The third-order valence-electron chi connectivity index (χ3n) is 3.79. The summed E-state index contributed by atoms with van der Waals surface area (Å²) >= 11 is 7.14. The summed E-state index contributed by atoms with van der Waals surface area (Å²) in [5.74, 6) is -0.710. The van der Waals surface area contributed by atoms with Gasteiger partial charge in [-0.2, -0.15) is 0 Å². The molecule has 0 bridgehead atoms. The molecule has 23 heavy (non-hydrogen) atoms. The smallest absolute Gasteiger partial charge is 0.319 e. The van der Waals surface area contributed by atoms with Crippen LogP contribution >= 0.6 is 22.9 Å². The van der Waals surface area contributed by atoms with Crippen LogP contribution in [0.2, 0.25) is 5.02 Å². The maximum Gasteiger partial charge on any atom is 0.325 e. The third kappa shape index (κ3) is 2.75. The Hall–Kier alpha value is -2.18. The minimum absolute atomic E-state index is 0.260. The number of ketones is 1. The number of nitrogens with zero attached hydrogens (tertiary/aromatic N) is 1. The lowest BCUT2D eigenvalue weighted by atomic mass is 9.92. The standard InChI is InChI=1S/C16H13ClN2O3S/c1-16(10-4-6-11(17)7-5-10)14(21)19(15(22)18-16)9-12(20)13-3-2-8-23-13/h2-8H,9H2,1H3,(H,18,22). The number of benzene rings is 1. The van der Waals surface area contributed by atoms with E-state index in [0.717, 1.165) is 4.90 Å². The first-order valence-electron chi connectivity index (χ1n) is 6.88. The van der Waals surface area contributed by atoms with Gasteiger partial charge in [-0.1, -0.05) is 29.8 Å². The van der Waals surface area contributed by atoms with E-state index in [1.807, 2.05) is 0 Å². The molecule has 3 rings (SSSR count). The zero-order valence-electron chi connectivity index (χ0n) is 12.2. The van der Waals surface area contributed by atoms with E-state index in [0.29, 0.717) is 15.5 Å². The predicted molar refractivity (Wildman–Crippen MR) is 87.7 cm³/mol. The largest absolute Gasteiger partial charge is 0.325 e. The molecule has 2 heterocycles. The summed E-state index contributed by atoms with van der Waals surface area (Å²) in [6.45, 7) is 1.35. The minimum Gasteiger partial charge on any atom is -0.319 e. The van der Waals surface area contributed by atoms with E-state index in [9.17, 15) is 14.4 Å². The Morgan fingerprint density at radius 3 is 2.57 bits per heavy atom. The topological polar surface area (TPSA) is 66.5 Å². The van der Waals surface area contributed by atoms with Crippen LogP contribution in [0.5, 0.6) is 0 Å². The normalized spacial score (nSPS) is 20.7. The van der Waals surface area contributed by atoms with Crippen molar-refractivity contribution >= 4 is 40.7 Å². The van der Waals surface area contributed by atoms with Gasteiger partial charge in [0.1, 0.15) is 5.54 Å². The monoisotopic (exact) mass is 348 g/mol. The molecule has 1 atom stereocenters. The van der Waals surface area contributed by atoms with Crippen LogP contribution in [-0.4, -0.2) is 29.2 Å². The van der Waals surface area contributed by atoms with Gasteiger partial charge < -0.3 is 5.32 Å². The van der Waals surface area contributed by atoms with Gasteiger partial charge in [-0.3, -0.25) is 14.5 Å². The lowest BCUT2D eigenvalue weighted by Crippen LogP contribution is -2.41. The molecule has 3 amide bonds. The number of hydrogen-bond donors (Lipinski definition) is 1. The molecule has 1 fully saturated rings. The third-order valence-corrected chi connectivity index (χ3v) is 4.96. The highest BCUT2D eigenvalue weighted by atomic mass is 35.5. The lowest BCUT2D eigenvalue weighted by Gasteiger charge is -2.22. The van der Waals surface area contributed by atoms with Gasteiger partial charge in [-0.25, -0.2) is 4.79 Å². The van der Waals surface area contributed by atoms with E-state index >= 15 is 0 Å². The molecule has 7 heteroatoms. The van der Waals surface area contributed by atoms with Crippen molar-refractivity contribution in [1.82, 2.24) is 10.2 Å². The fourth-order valence-corrected chi connectivity index (χ4v) is 3.26. The first-order chi connectivity index (χ1) is 10.9. The number of nitrogens with one attached hydrogen (secondary N) is 1. The van der Waals surface area contributed by atoms with Crippen molar-refractivity contribution in [3.63, 3.8) is 0 Å². The molecule has 0 saturated carbocycles. The number of carbonyl (C=O) groups is 3. The molecule has 1 N–H and O–H groups in total. The number of thiophene rings is 1. The van der Waals surface area contributed by atoms with Crippen LogP contribution in [0.25, 0.3) is 0 Å². The number of urea groups is 1. The van der Waals surface area contributed by atoms with Crippen LogP contribution in [0.15, 0.2) is 41.8 Å². The summed E-state index contributed by atoms with van der Waals surface area (Å²) in [7, 11) is 0. The number of imide groups is 1. The molecule has 1 aromatic heterocycles. The van der Waals surface area contributed by atoms with Crippen molar-refractivity contribution < 1.29 is 14.4 Å². The molecule has 0 aliphatic carbocycles. The first kappa shape index (κ1) is 15.7. The molecule has 0 spiro atoms. The average Bonchev–Trinajstić information content (AvgIpc) is 3.12. The highest BCUT2D eigenvalue weighted by molar-refractivity contribution is 7.12. The Kier molecular flexibility index (Phi) is 3.95. The first-order valence-corrected chi connectivity index (χ1v) is 8.14. The van der Waals surface area contributed by atoms with E-state index in [4.69, 9.17) is 11.6 Å². The summed E-state index contributed by atoms with van der Waals surface area (Å²) in [4.78, 5) is 38.5. The molecule has 118 valence electrons. The summed E-state index contributed by atoms with van der Waals surface area (Å²) in [5.41, 5.74) is -0.580. The van der Waals surface area contributed by atoms with Crippen LogP contribution < -0.4 is 5.32 Å². The van der Waals surface area contributed by atoms with Crippen molar-refractivity contribution in [1.29, 1.82) is 0 Å². The molecular formula is C16H13ClN2O3S. The van der Waals surface area contributed by atoms with Crippen LogP contribution in [0.3, 0.4) is 0 Å². The Balaban J connectivity index is 1.85. The zero-order valence-corrected chi connectivity index (χ0v) is 13.8. The van der Waals surface area contributed by atoms with E-state index in [1.54, 1.807) is 48.7 Å². The number of amides is 3. The number of rotatable bonds is 4. The summed E-state index contributed by atoms with van der Waals surface area (Å²) in [6.07, 6.45) is 0. The number of halogens is 1. The predicted octanol–water partition coefficient (Wildman–Crippen LogP) is 3.05. The molecular weight excluding hydrogens is 336 g/mol. The van der Waals surface area contributed by atoms with Gasteiger partial charge in [-0.15, -0.1) is 11.3 Å². The number of carbonyl (C=O) groups excluding carboxylic acids is 3. The second-order valence-corrected chi connectivity index (χ2v) is 6.74. The Labute approximate surface area is 141 Å². The minimum atomic E-state index is -1.20. The van der Waals surface area contributed by atoms with Gasteiger partial charge >= 0.3 is 6.03 Å². The number of hydrogen-bond acceptors (Lipinski definition) is 4. The van der Waals surface area contributed by atoms with Crippen molar-refractivity contribution in [2.45, 2.75) is 12.5 Å². The van der Waals surface area contributed by atoms with Crippen LogP contribution in [-0.2, 0) is 10.3 Å². The maximum absolute atomic E-state index is 12.7. The molecule has 0 radical (unpaired) electrons. The van der Waals surface area contributed by atoms with E-state index < -0.39 is 17.5 Å². The quantitative estimate of drug-likeness (QED) is 0.682. The van der Waals surface area contributed by atoms with Gasteiger partial charge in [-0.05, 0) is 36.1 Å². The fraction of sp³-hybridized carbons (Fsp3) is 0.188. The van der Waals surface area contributed by atoms with Gasteiger partial charge in [0.05, 0.1) is 11.4 Å². The van der Waals surface area contributed by atoms with Crippen molar-refractivity contribution in [3.8, 4) is 0 Å². The van der Waals surface area contributed by atoms with E-state index in [1.165, 1.54) is 11.3 Å². The molecule has 1 unspecified atom stereocenters. The average molecular weight is 349 g/mol. The molecule has 1 aromatic carbocycles. The molecule has 1 saturated heterocycles. The van der Waals surface area contributed by atoms with Crippen molar-refractivity contribution in [2.75, 3.05) is 6.54 Å². The van der Waals surface area contributed by atoms with E-state index in [2.05, 4.69) is 5.32 Å². The molecule has 1 aliphatic heterocycles. The summed E-state index contributed by atoms with van der Waals surface area (Å²) < 4.78 is 0. The number of Topliss-reactive ketones (excluding diaryl/α,β-unsaturated/α-hetero) is 1. The van der Waals surface area contributed by atoms with E-state index in [-0.39, 0.29) is 12.3 Å². The van der Waals surface area contributed by atoms with Gasteiger partial charge in [0.2, 0.25) is 0 Å². The van der Waals surface area contributed by atoms with Crippen LogP contribution in [0.4, 0.5) is 4.79 Å². The van der Waals surface area contributed by atoms with Crippen LogP contribution in [0, 0.1) is 0 Å². The zero-order chi connectivity index (χ0) is 16.6. The lowest BCUT2D eigenvalue weighted by molar-refractivity contribution is -0.130. The highest BCUT2D eigenvalue weighted by Gasteiger charge is 2.49. The van der Waals surface area contributed by atoms with Gasteiger partial charge in [0.25, 0.3) is 5.91 Å². The Morgan fingerprint density at radius 1 is 1.26 bits per heavy atom. The molecule has 1 aliphatic rings. The summed E-state index contributed by atoms with van der Waals surface area (Å²) in [6, 6.07) is 9.53. The fourth-order valence-electron chi connectivity index (χ4n) is 2.48. The van der Waals surface area contributed by atoms with Gasteiger partial charge in [0, 0.05) is 5.02 Å². The second-order valence-electron chi connectivity index (χ2n) is 5.35. The molecule has 5 nitrogen and oxygen atoms in total. The van der Waals surface area contributed by atoms with Crippen molar-refractivity contribution in [3.05, 3.63) is 57.2 Å². The maximum atomic E-state index is 12.7. The Morgan fingerprint density at radius 2 is 1.96 bits per heavy atom.